The van der Waals surface area contributed by atoms with Gasteiger partial charge >= 0.3 is 0 Å². The van der Waals surface area contributed by atoms with Gasteiger partial charge in [-0.1, -0.05) is 6.92 Å². The first-order valence-electron chi connectivity index (χ1n) is 6.53. The van der Waals surface area contributed by atoms with Gasteiger partial charge in [-0.3, -0.25) is 9.59 Å². The Balaban J connectivity index is 0.00000180. The van der Waals surface area contributed by atoms with Crippen LogP contribution in [0.3, 0.4) is 0 Å². The lowest BCUT2D eigenvalue weighted by Crippen LogP contribution is -2.57. The van der Waals surface area contributed by atoms with Crippen LogP contribution >= 0.6 is 24.2 Å². The second-order valence-electron chi connectivity index (χ2n) is 4.82. The van der Waals surface area contributed by atoms with E-state index in [-0.39, 0.29) is 36.3 Å². The Morgan fingerprint density at radius 3 is 2.74 bits per heavy atom. The SMILES string of the molecule is CCC(=O)N1CSCC1C(=O)N1CCNC[C@H]1C.Cl. The number of halogens is 1. The van der Waals surface area contributed by atoms with Crippen LogP contribution in [0.5, 0.6) is 0 Å². The minimum Gasteiger partial charge on any atom is -0.336 e. The summed E-state index contributed by atoms with van der Waals surface area (Å²) in [6.07, 6.45) is 0.474. The molecule has 2 saturated heterocycles. The molecule has 2 fully saturated rings. The summed E-state index contributed by atoms with van der Waals surface area (Å²) in [5, 5.41) is 3.28. The van der Waals surface area contributed by atoms with Crippen molar-refractivity contribution < 1.29 is 9.59 Å². The highest BCUT2D eigenvalue weighted by Crippen LogP contribution is 2.24. The number of nitrogens with zero attached hydrogens (tertiary/aromatic N) is 2. The molecule has 0 aromatic carbocycles. The number of carbonyl (C=O) groups is 2. The molecule has 2 amide bonds. The molecule has 1 unspecified atom stereocenters. The number of piperazine rings is 1. The number of carbonyl (C=O) groups excluding carboxylic acids is 2. The smallest absolute Gasteiger partial charge is 0.246 e. The van der Waals surface area contributed by atoms with Crippen molar-refractivity contribution in [2.75, 3.05) is 31.3 Å². The highest BCUT2D eigenvalue weighted by molar-refractivity contribution is 7.99. The van der Waals surface area contributed by atoms with Gasteiger partial charge in [0.2, 0.25) is 11.8 Å². The van der Waals surface area contributed by atoms with E-state index in [0.717, 1.165) is 25.4 Å². The molecule has 2 aliphatic rings. The molecule has 5 nitrogen and oxygen atoms in total. The largest absolute Gasteiger partial charge is 0.336 e. The van der Waals surface area contributed by atoms with Gasteiger partial charge in [0.15, 0.2) is 0 Å². The topological polar surface area (TPSA) is 52.7 Å². The van der Waals surface area contributed by atoms with Crippen LogP contribution in [-0.2, 0) is 9.59 Å². The maximum atomic E-state index is 12.5. The summed E-state index contributed by atoms with van der Waals surface area (Å²) in [6.45, 7) is 6.33. The third-order valence-electron chi connectivity index (χ3n) is 3.57. The molecule has 0 radical (unpaired) electrons. The standard InChI is InChI=1S/C12H21N3O2S.ClH/c1-3-11(16)15-8-18-7-10(15)12(17)14-5-4-13-6-9(14)2;/h9-10,13H,3-8H2,1-2H3;1H/t9-,10?;/m1./s1. The first-order chi connectivity index (χ1) is 8.65. The Morgan fingerprint density at radius 2 is 2.11 bits per heavy atom. The van der Waals surface area contributed by atoms with Gasteiger partial charge < -0.3 is 15.1 Å². The first-order valence-corrected chi connectivity index (χ1v) is 7.69. The molecule has 0 saturated carbocycles. The molecular formula is C12H22ClN3O2S. The normalized spacial score (nSPS) is 27.1. The summed E-state index contributed by atoms with van der Waals surface area (Å²) in [7, 11) is 0. The Labute approximate surface area is 124 Å². The number of hydrogen-bond acceptors (Lipinski definition) is 4. The van der Waals surface area contributed by atoms with Crippen molar-refractivity contribution in [2.45, 2.75) is 32.4 Å². The highest BCUT2D eigenvalue weighted by atomic mass is 35.5. The quantitative estimate of drug-likeness (QED) is 0.809. The molecule has 2 rings (SSSR count). The minimum atomic E-state index is -0.247. The molecule has 0 aliphatic carbocycles. The molecule has 1 N–H and O–H groups in total. The molecule has 7 heteroatoms. The van der Waals surface area contributed by atoms with Gasteiger partial charge in [0, 0.05) is 37.8 Å². The molecule has 110 valence electrons. The summed E-state index contributed by atoms with van der Waals surface area (Å²) in [5.74, 6) is 1.60. The summed E-state index contributed by atoms with van der Waals surface area (Å²) < 4.78 is 0. The highest BCUT2D eigenvalue weighted by Gasteiger charge is 2.38. The third kappa shape index (κ3) is 3.55. The van der Waals surface area contributed by atoms with E-state index in [4.69, 9.17) is 0 Å². The average molecular weight is 308 g/mol. The number of hydrogen-bond donors (Lipinski definition) is 1. The zero-order valence-electron chi connectivity index (χ0n) is 11.4. The fraction of sp³-hybridized carbons (Fsp3) is 0.833. The van der Waals surface area contributed by atoms with Gasteiger partial charge in [0.1, 0.15) is 6.04 Å². The molecule has 0 aromatic rings. The van der Waals surface area contributed by atoms with Crippen molar-refractivity contribution in [3.63, 3.8) is 0 Å². The summed E-state index contributed by atoms with van der Waals surface area (Å²) in [6, 6.07) is -0.0292. The van der Waals surface area contributed by atoms with Crippen LogP contribution in [0, 0.1) is 0 Å². The molecule has 19 heavy (non-hydrogen) atoms. The van der Waals surface area contributed by atoms with Gasteiger partial charge in [0.05, 0.1) is 5.88 Å². The van der Waals surface area contributed by atoms with Gasteiger partial charge in [0.25, 0.3) is 0 Å². The van der Waals surface area contributed by atoms with E-state index in [1.165, 1.54) is 0 Å². The van der Waals surface area contributed by atoms with Crippen LogP contribution < -0.4 is 5.32 Å². The average Bonchev–Trinajstić information content (AvgIpc) is 2.86. The van der Waals surface area contributed by atoms with Crippen LogP contribution in [0.1, 0.15) is 20.3 Å². The van der Waals surface area contributed by atoms with Gasteiger partial charge in [-0.2, -0.15) is 0 Å². The predicted octanol–water partition coefficient (Wildman–Crippen LogP) is 0.540. The molecule has 2 atom stereocenters. The fourth-order valence-corrected chi connectivity index (χ4v) is 3.63. The van der Waals surface area contributed by atoms with Crippen LogP contribution in [0.4, 0.5) is 0 Å². The number of nitrogens with one attached hydrogen (secondary N) is 1. The maximum Gasteiger partial charge on any atom is 0.246 e. The Kier molecular flexibility index (Phi) is 6.42. The van der Waals surface area contributed by atoms with Crippen LogP contribution in [0.25, 0.3) is 0 Å². The van der Waals surface area contributed by atoms with E-state index < -0.39 is 0 Å². The van der Waals surface area contributed by atoms with Crippen LogP contribution in [0.2, 0.25) is 0 Å². The van der Waals surface area contributed by atoms with Gasteiger partial charge in [-0.15, -0.1) is 24.2 Å². The van der Waals surface area contributed by atoms with E-state index in [0.29, 0.717) is 12.3 Å². The molecule has 0 bridgehead atoms. The monoisotopic (exact) mass is 307 g/mol. The molecular weight excluding hydrogens is 286 g/mol. The molecule has 2 aliphatic heterocycles. The van der Waals surface area contributed by atoms with Crippen molar-refractivity contribution in [1.29, 1.82) is 0 Å². The summed E-state index contributed by atoms with van der Waals surface area (Å²) >= 11 is 1.67. The zero-order valence-corrected chi connectivity index (χ0v) is 13.1. The van der Waals surface area contributed by atoms with E-state index in [1.807, 2.05) is 11.8 Å². The van der Waals surface area contributed by atoms with Crippen molar-refractivity contribution in [1.82, 2.24) is 15.1 Å². The fourth-order valence-electron chi connectivity index (χ4n) is 2.46. The first kappa shape index (κ1) is 16.6. The Hall–Kier alpha value is -0.460. The maximum absolute atomic E-state index is 12.5. The Morgan fingerprint density at radius 1 is 1.37 bits per heavy atom. The van der Waals surface area contributed by atoms with E-state index in [2.05, 4.69) is 12.2 Å². The van der Waals surface area contributed by atoms with Crippen molar-refractivity contribution in [2.24, 2.45) is 0 Å². The van der Waals surface area contributed by atoms with Gasteiger partial charge in [-0.05, 0) is 6.92 Å². The molecule has 0 aromatic heterocycles. The lowest BCUT2D eigenvalue weighted by atomic mass is 10.1. The summed E-state index contributed by atoms with van der Waals surface area (Å²) in [5.41, 5.74) is 0. The number of thioether (sulfide) groups is 1. The van der Waals surface area contributed by atoms with E-state index in [1.54, 1.807) is 16.7 Å². The number of amides is 2. The van der Waals surface area contributed by atoms with Crippen molar-refractivity contribution in [3.8, 4) is 0 Å². The van der Waals surface area contributed by atoms with Crippen LogP contribution in [0.15, 0.2) is 0 Å². The lowest BCUT2D eigenvalue weighted by Gasteiger charge is -2.37. The van der Waals surface area contributed by atoms with Gasteiger partial charge in [-0.25, -0.2) is 0 Å². The molecule has 2 heterocycles. The van der Waals surface area contributed by atoms with Crippen molar-refractivity contribution >= 4 is 36.0 Å². The number of rotatable bonds is 2. The zero-order chi connectivity index (χ0) is 13.1. The second-order valence-corrected chi connectivity index (χ2v) is 5.82. The van der Waals surface area contributed by atoms with E-state index >= 15 is 0 Å². The minimum absolute atomic E-state index is 0. The van der Waals surface area contributed by atoms with Crippen LogP contribution in [-0.4, -0.2) is 65.0 Å². The van der Waals surface area contributed by atoms with E-state index in [9.17, 15) is 9.59 Å². The summed E-state index contributed by atoms with van der Waals surface area (Å²) in [4.78, 5) is 28.0. The second kappa shape index (κ2) is 7.36. The lowest BCUT2D eigenvalue weighted by molar-refractivity contribution is -0.145. The van der Waals surface area contributed by atoms with Crippen molar-refractivity contribution in [3.05, 3.63) is 0 Å². The third-order valence-corrected chi connectivity index (χ3v) is 4.59. The predicted molar refractivity (Wildman–Crippen MR) is 79.5 cm³/mol. The Bertz CT molecular complexity index is 343. The molecule has 0 spiro atoms.